The van der Waals surface area contributed by atoms with Crippen molar-refractivity contribution in [1.29, 1.82) is 0 Å². The summed E-state index contributed by atoms with van der Waals surface area (Å²) in [5, 5.41) is 19.0. The highest BCUT2D eigenvalue weighted by Crippen LogP contribution is 2.22. The van der Waals surface area contributed by atoms with Gasteiger partial charge in [-0.1, -0.05) is 24.3 Å². The molecule has 0 radical (unpaired) electrons. The first kappa shape index (κ1) is 23.1. The third kappa shape index (κ3) is 5.58. The van der Waals surface area contributed by atoms with Gasteiger partial charge in [0.25, 0.3) is 5.91 Å². The molecule has 1 heterocycles. The highest BCUT2D eigenvalue weighted by atomic mass is 16.6. The summed E-state index contributed by atoms with van der Waals surface area (Å²) >= 11 is 0. The molecule has 0 spiro atoms. The predicted molar refractivity (Wildman–Crippen MR) is 118 cm³/mol. The highest BCUT2D eigenvalue weighted by Gasteiger charge is 2.22. The van der Waals surface area contributed by atoms with Gasteiger partial charge in [0, 0.05) is 0 Å². The van der Waals surface area contributed by atoms with Gasteiger partial charge >= 0.3 is 11.7 Å². The number of hydrazone groups is 1. The van der Waals surface area contributed by atoms with E-state index in [2.05, 4.69) is 15.6 Å². The molecule has 0 saturated heterocycles. The van der Waals surface area contributed by atoms with Crippen molar-refractivity contribution in [3.05, 3.63) is 81.2 Å². The molecule has 1 N–H and O–H groups in total. The van der Waals surface area contributed by atoms with Crippen LogP contribution in [0.4, 0.5) is 5.69 Å². The molecule has 3 rings (SSSR count). The summed E-state index contributed by atoms with van der Waals surface area (Å²) < 4.78 is 11.8. The molecule has 2 aromatic carbocycles. The number of para-hydroxylation sites is 1. The quantitative estimate of drug-likeness (QED) is 0.183. The van der Waals surface area contributed by atoms with Gasteiger partial charge in [0.2, 0.25) is 0 Å². The molecule has 33 heavy (non-hydrogen) atoms. The lowest BCUT2D eigenvalue weighted by Crippen LogP contribution is -2.24. The van der Waals surface area contributed by atoms with Crippen LogP contribution in [0.25, 0.3) is 0 Å². The molecule has 170 valence electrons. The normalized spacial score (nSPS) is 10.8. The zero-order valence-electron chi connectivity index (χ0n) is 18.1. The van der Waals surface area contributed by atoms with Gasteiger partial charge < -0.3 is 9.47 Å². The molecule has 0 aliphatic rings. The van der Waals surface area contributed by atoms with Crippen molar-refractivity contribution in [2.24, 2.45) is 5.10 Å². The lowest BCUT2D eigenvalue weighted by atomic mass is 10.2. The molecule has 0 fully saturated rings. The SMILES string of the molecule is COc1ccccc1C(=O)Oc1cccc(/C=N/NC(=O)Cn2nc(C)c([N+](=O)[O-])c2C)c1. The Kier molecular flexibility index (Phi) is 7.13. The van der Waals surface area contributed by atoms with Crippen molar-refractivity contribution in [2.45, 2.75) is 20.4 Å². The Morgan fingerprint density at radius 2 is 1.97 bits per heavy atom. The highest BCUT2D eigenvalue weighted by molar-refractivity contribution is 5.94. The minimum absolute atomic E-state index is 0.120. The van der Waals surface area contributed by atoms with E-state index in [1.165, 1.54) is 31.9 Å². The molecule has 0 aliphatic heterocycles. The van der Waals surface area contributed by atoms with Crippen LogP contribution < -0.4 is 14.9 Å². The summed E-state index contributed by atoms with van der Waals surface area (Å²) in [6.45, 7) is 2.80. The van der Waals surface area contributed by atoms with Crippen molar-refractivity contribution in [1.82, 2.24) is 15.2 Å². The molecule has 0 unspecified atom stereocenters. The van der Waals surface area contributed by atoms with E-state index in [0.29, 0.717) is 11.3 Å². The minimum Gasteiger partial charge on any atom is -0.496 e. The fraction of sp³-hybridized carbons (Fsp3) is 0.182. The lowest BCUT2D eigenvalue weighted by Gasteiger charge is -2.08. The standard InChI is InChI=1S/C22H21N5O6/c1-14-21(27(30)31)15(2)26(25-14)13-20(28)24-23-12-16-7-6-8-17(11-16)33-22(29)18-9-4-5-10-19(18)32-3/h4-12H,13H2,1-3H3,(H,24,28)/b23-12+. The third-order valence-electron chi connectivity index (χ3n) is 4.62. The Hall–Kier alpha value is -4.54. The van der Waals surface area contributed by atoms with Crippen LogP contribution in [-0.2, 0) is 11.3 Å². The van der Waals surface area contributed by atoms with E-state index in [4.69, 9.17) is 9.47 Å². The largest absolute Gasteiger partial charge is 0.496 e. The van der Waals surface area contributed by atoms with Gasteiger partial charge in [0.05, 0.1) is 18.2 Å². The van der Waals surface area contributed by atoms with Crippen LogP contribution in [0, 0.1) is 24.0 Å². The van der Waals surface area contributed by atoms with Gasteiger partial charge in [-0.15, -0.1) is 0 Å². The number of esters is 1. The number of amides is 1. The number of carbonyl (C=O) groups excluding carboxylic acids is 2. The number of hydrogen-bond donors (Lipinski definition) is 1. The van der Waals surface area contributed by atoms with Gasteiger partial charge in [-0.2, -0.15) is 10.2 Å². The zero-order valence-corrected chi connectivity index (χ0v) is 18.1. The van der Waals surface area contributed by atoms with E-state index >= 15 is 0 Å². The summed E-state index contributed by atoms with van der Waals surface area (Å²) in [4.78, 5) is 35.1. The van der Waals surface area contributed by atoms with Crippen molar-refractivity contribution in [3.63, 3.8) is 0 Å². The summed E-state index contributed by atoms with van der Waals surface area (Å²) in [6.07, 6.45) is 1.38. The van der Waals surface area contributed by atoms with Gasteiger partial charge in [0.1, 0.15) is 35.0 Å². The van der Waals surface area contributed by atoms with Gasteiger partial charge in [-0.25, -0.2) is 10.2 Å². The summed E-state index contributed by atoms with van der Waals surface area (Å²) in [6, 6.07) is 13.3. The zero-order chi connectivity index (χ0) is 24.0. The maximum absolute atomic E-state index is 12.4. The van der Waals surface area contributed by atoms with Crippen LogP contribution in [-0.4, -0.2) is 39.9 Å². The van der Waals surface area contributed by atoms with Crippen molar-refractivity contribution in [2.75, 3.05) is 7.11 Å². The van der Waals surface area contributed by atoms with Crippen molar-refractivity contribution < 1.29 is 24.0 Å². The number of nitrogens with zero attached hydrogens (tertiary/aromatic N) is 4. The number of methoxy groups -OCH3 is 1. The number of aromatic nitrogens is 2. The number of hydrogen-bond acceptors (Lipinski definition) is 8. The Balaban J connectivity index is 1.62. The molecule has 0 atom stereocenters. The van der Waals surface area contributed by atoms with Crippen LogP contribution >= 0.6 is 0 Å². The maximum atomic E-state index is 12.4. The third-order valence-corrected chi connectivity index (χ3v) is 4.62. The second kappa shape index (κ2) is 10.2. The van der Waals surface area contributed by atoms with E-state index in [-0.39, 0.29) is 34.9 Å². The first-order chi connectivity index (χ1) is 15.8. The van der Waals surface area contributed by atoms with Gasteiger partial charge in [0.15, 0.2) is 0 Å². The molecule has 0 bridgehead atoms. The first-order valence-corrected chi connectivity index (χ1v) is 9.75. The number of carbonyl (C=O) groups is 2. The van der Waals surface area contributed by atoms with E-state index in [1.54, 1.807) is 48.5 Å². The van der Waals surface area contributed by atoms with Crippen molar-refractivity contribution in [3.8, 4) is 11.5 Å². The number of aryl methyl sites for hydroxylation is 1. The molecule has 1 amide bonds. The van der Waals surface area contributed by atoms with Gasteiger partial charge in [-0.3, -0.25) is 19.6 Å². The molecule has 11 nitrogen and oxygen atoms in total. The summed E-state index contributed by atoms with van der Waals surface area (Å²) in [7, 11) is 1.47. The second-order valence-electron chi connectivity index (χ2n) is 6.89. The monoisotopic (exact) mass is 451 g/mol. The average molecular weight is 451 g/mol. The van der Waals surface area contributed by atoms with E-state index in [1.807, 2.05) is 0 Å². The van der Waals surface area contributed by atoms with Crippen LogP contribution in [0.3, 0.4) is 0 Å². The molecule has 11 heteroatoms. The number of nitro groups is 1. The Labute approximate surface area is 188 Å². The van der Waals surface area contributed by atoms with Crippen LogP contribution in [0.5, 0.6) is 11.5 Å². The van der Waals surface area contributed by atoms with Crippen LogP contribution in [0.2, 0.25) is 0 Å². The minimum atomic E-state index is -0.575. The molecule has 1 aromatic heterocycles. The second-order valence-corrected chi connectivity index (χ2v) is 6.89. The number of nitrogens with one attached hydrogen (secondary N) is 1. The Morgan fingerprint density at radius 1 is 1.21 bits per heavy atom. The fourth-order valence-electron chi connectivity index (χ4n) is 3.09. The lowest BCUT2D eigenvalue weighted by molar-refractivity contribution is -0.386. The topological polar surface area (TPSA) is 138 Å². The molecule has 0 saturated carbocycles. The molecule has 0 aliphatic carbocycles. The fourth-order valence-corrected chi connectivity index (χ4v) is 3.09. The average Bonchev–Trinajstić information content (AvgIpc) is 3.06. The van der Waals surface area contributed by atoms with Crippen molar-refractivity contribution >= 4 is 23.8 Å². The summed E-state index contributed by atoms with van der Waals surface area (Å²) in [5.74, 6) is -0.397. The van der Waals surface area contributed by atoms with Crippen LogP contribution in [0.1, 0.15) is 27.3 Å². The van der Waals surface area contributed by atoms with E-state index in [0.717, 1.165) is 0 Å². The molecule has 3 aromatic rings. The molecular formula is C22H21N5O6. The smallest absolute Gasteiger partial charge is 0.347 e. The Morgan fingerprint density at radius 3 is 2.67 bits per heavy atom. The predicted octanol–water partition coefficient (Wildman–Crippen LogP) is 2.79. The number of ether oxygens (including phenoxy) is 2. The van der Waals surface area contributed by atoms with Crippen LogP contribution in [0.15, 0.2) is 53.6 Å². The van der Waals surface area contributed by atoms with E-state index < -0.39 is 16.8 Å². The maximum Gasteiger partial charge on any atom is 0.347 e. The first-order valence-electron chi connectivity index (χ1n) is 9.75. The molecular weight excluding hydrogens is 430 g/mol. The Bertz CT molecular complexity index is 1230. The number of rotatable bonds is 8. The number of benzene rings is 2. The summed E-state index contributed by atoms with van der Waals surface area (Å²) in [5.41, 5.74) is 3.59. The van der Waals surface area contributed by atoms with E-state index in [9.17, 15) is 19.7 Å². The van der Waals surface area contributed by atoms with Gasteiger partial charge in [-0.05, 0) is 43.7 Å².